The number of nitrogens with one attached hydrogen (secondary N) is 1. The lowest BCUT2D eigenvalue weighted by atomic mass is 9.92. The lowest BCUT2D eigenvalue weighted by Crippen LogP contribution is -2.50. The fraction of sp³-hybridized carbons (Fsp3) is 0.222. The number of rotatable bonds is 4. The van der Waals surface area contributed by atoms with Crippen LogP contribution in [0, 0.1) is 0 Å². The molecule has 0 saturated heterocycles. The van der Waals surface area contributed by atoms with Crippen LogP contribution in [0.4, 0.5) is 13.2 Å². The molecule has 1 amide bonds. The Hall–Kier alpha value is -2.63. The summed E-state index contributed by atoms with van der Waals surface area (Å²) in [6.45, 7) is 2.91. The van der Waals surface area contributed by atoms with Crippen molar-refractivity contribution < 1.29 is 22.8 Å². The van der Waals surface area contributed by atoms with Crippen molar-refractivity contribution >= 4 is 11.7 Å². The quantitative estimate of drug-likeness (QED) is 0.855. The van der Waals surface area contributed by atoms with Gasteiger partial charge in [0.25, 0.3) is 5.91 Å². The molecule has 0 radical (unpaired) electrons. The van der Waals surface area contributed by atoms with Crippen molar-refractivity contribution in [3.05, 3.63) is 71.3 Å². The van der Waals surface area contributed by atoms with Crippen molar-refractivity contribution in [3.8, 4) is 0 Å². The first-order valence-corrected chi connectivity index (χ1v) is 7.21. The van der Waals surface area contributed by atoms with E-state index in [1.807, 2.05) is 0 Å². The number of carbonyl (C=O) groups excluding carboxylic acids is 2. The van der Waals surface area contributed by atoms with E-state index >= 15 is 0 Å². The van der Waals surface area contributed by atoms with Crippen LogP contribution < -0.4 is 5.32 Å². The van der Waals surface area contributed by atoms with Gasteiger partial charge in [-0.05, 0) is 26.0 Å². The first-order chi connectivity index (χ1) is 11.1. The number of benzene rings is 2. The fourth-order valence-electron chi connectivity index (χ4n) is 2.29. The van der Waals surface area contributed by atoms with Gasteiger partial charge in [0.2, 0.25) is 0 Å². The maximum absolute atomic E-state index is 13.0. The zero-order chi connectivity index (χ0) is 18.0. The van der Waals surface area contributed by atoms with Gasteiger partial charge >= 0.3 is 6.18 Å². The van der Waals surface area contributed by atoms with E-state index in [0.717, 1.165) is 12.1 Å². The lowest BCUT2D eigenvalue weighted by molar-refractivity contribution is -0.137. The van der Waals surface area contributed by atoms with E-state index in [-0.39, 0.29) is 5.78 Å². The highest BCUT2D eigenvalue weighted by Crippen LogP contribution is 2.32. The summed E-state index contributed by atoms with van der Waals surface area (Å²) in [5, 5.41) is 2.39. The van der Waals surface area contributed by atoms with E-state index in [9.17, 15) is 22.8 Å². The van der Waals surface area contributed by atoms with Gasteiger partial charge < -0.3 is 5.32 Å². The smallest absolute Gasteiger partial charge is 0.340 e. The molecule has 0 bridgehead atoms. The summed E-state index contributed by atoms with van der Waals surface area (Å²) in [7, 11) is 0. The maximum atomic E-state index is 13.0. The molecule has 0 spiro atoms. The van der Waals surface area contributed by atoms with Crippen LogP contribution in [0.2, 0.25) is 0 Å². The van der Waals surface area contributed by atoms with Crippen LogP contribution >= 0.6 is 0 Å². The molecule has 0 aliphatic carbocycles. The Balaban J connectivity index is 2.28. The zero-order valence-electron chi connectivity index (χ0n) is 13.1. The summed E-state index contributed by atoms with van der Waals surface area (Å²) in [5.74, 6) is -1.34. The van der Waals surface area contributed by atoms with Gasteiger partial charge in [0.1, 0.15) is 0 Å². The van der Waals surface area contributed by atoms with Crippen LogP contribution in [0.25, 0.3) is 0 Å². The third kappa shape index (κ3) is 3.82. The van der Waals surface area contributed by atoms with E-state index in [0.29, 0.717) is 5.56 Å². The molecular weight excluding hydrogens is 319 g/mol. The summed E-state index contributed by atoms with van der Waals surface area (Å²) >= 11 is 0. The number of halogens is 3. The Morgan fingerprint density at radius 3 is 2.00 bits per heavy atom. The molecule has 0 heterocycles. The number of hydrogen-bond donors (Lipinski definition) is 1. The second-order valence-corrected chi connectivity index (χ2v) is 5.82. The topological polar surface area (TPSA) is 46.2 Å². The minimum atomic E-state index is -4.65. The van der Waals surface area contributed by atoms with E-state index in [2.05, 4.69) is 5.32 Å². The molecule has 6 heteroatoms. The van der Waals surface area contributed by atoms with Crippen LogP contribution in [0.15, 0.2) is 54.6 Å². The van der Waals surface area contributed by atoms with E-state index in [4.69, 9.17) is 0 Å². The molecular formula is C18H16F3NO2. The van der Waals surface area contributed by atoms with Crippen molar-refractivity contribution in [1.82, 2.24) is 5.32 Å². The van der Waals surface area contributed by atoms with Crippen LogP contribution in [0.5, 0.6) is 0 Å². The molecule has 1 N–H and O–H groups in total. The second kappa shape index (κ2) is 6.47. The molecule has 0 saturated carbocycles. The molecule has 3 nitrogen and oxygen atoms in total. The van der Waals surface area contributed by atoms with Crippen LogP contribution in [0.1, 0.15) is 40.1 Å². The molecule has 0 atom stereocenters. The number of ketones is 1. The van der Waals surface area contributed by atoms with Crippen LogP contribution in [0.3, 0.4) is 0 Å². The Bertz CT molecular complexity index is 752. The average molecular weight is 335 g/mol. The number of carbonyl (C=O) groups is 2. The highest BCUT2D eigenvalue weighted by atomic mass is 19.4. The predicted molar refractivity (Wildman–Crippen MR) is 83.8 cm³/mol. The molecule has 2 aromatic carbocycles. The fourth-order valence-corrected chi connectivity index (χ4v) is 2.29. The van der Waals surface area contributed by atoms with Gasteiger partial charge in [0.15, 0.2) is 5.78 Å². The van der Waals surface area contributed by atoms with Crippen molar-refractivity contribution in [3.63, 3.8) is 0 Å². The van der Waals surface area contributed by atoms with Gasteiger partial charge in [0.05, 0.1) is 16.7 Å². The van der Waals surface area contributed by atoms with Gasteiger partial charge in [-0.1, -0.05) is 42.5 Å². The molecule has 24 heavy (non-hydrogen) atoms. The van der Waals surface area contributed by atoms with E-state index < -0.39 is 28.7 Å². The summed E-state index contributed by atoms with van der Waals surface area (Å²) in [5.41, 5.74) is -2.53. The highest BCUT2D eigenvalue weighted by molar-refractivity contribution is 6.06. The van der Waals surface area contributed by atoms with Crippen molar-refractivity contribution in [2.45, 2.75) is 25.6 Å². The normalized spacial score (nSPS) is 11.9. The Kier molecular flexibility index (Phi) is 4.78. The van der Waals surface area contributed by atoms with E-state index in [1.165, 1.54) is 26.0 Å². The minimum Gasteiger partial charge on any atom is -0.340 e. The molecule has 0 aromatic heterocycles. The molecule has 0 unspecified atom stereocenters. The predicted octanol–water partition coefficient (Wildman–Crippen LogP) is 4.10. The zero-order valence-corrected chi connectivity index (χ0v) is 13.1. The highest BCUT2D eigenvalue weighted by Gasteiger charge is 2.37. The first-order valence-electron chi connectivity index (χ1n) is 7.21. The van der Waals surface area contributed by atoms with Crippen molar-refractivity contribution in [2.75, 3.05) is 0 Å². The van der Waals surface area contributed by atoms with Gasteiger partial charge in [-0.25, -0.2) is 0 Å². The van der Waals surface area contributed by atoms with Gasteiger partial charge in [-0.2, -0.15) is 13.2 Å². The SMILES string of the molecule is CC(C)(NC(=O)c1ccccc1C(F)(F)F)C(=O)c1ccccc1. The Labute approximate surface area is 137 Å². The largest absolute Gasteiger partial charge is 0.417 e. The third-order valence-corrected chi connectivity index (χ3v) is 3.51. The molecule has 0 aliphatic heterocycles. The molecule has 126 valence electrons. The first kappa shape index (κ1) is 17.7. The van der Waals surface area contributed by atoms with E-state index in [1.54, 1.807) is 30.3 Å². The molecule has 2 rings (SSSR count). The molecule has 2 aromatic rings. The van der Waals surface area contributed by atoms with Crippen LogP contribution in [-0.4, -0.2) is 17.2 Å². The number of alkyl halides is 3. The number of Topliss-reactive ketones (excluding diaryl/α,β-unsaturated/α-hetero) is 1. The van der Waals surface area contributed by atoms with Gasteiger partial charge in [-0.3, -0.25) is 9.59 Å². The number of amides is 1. The summed E-state index contributed by atoms with van der Waals surface area (Å²) in [6, 6.07) is 12.7. The average Bonchev–Trinajstić information content (AvgIpc) is 2.53. The number of hydrogen-bond acceptors (Lipinski definition) is 2. The maximum Gasteiger partial charge on any atom is 0.417 e. The molecule has 0 aliphatic rings. The Morgan fingerprint density at radius 1 is 0.875 bits per heavy atom. The van der Waals surface area contributed by atoms with Gasteiger partial charge in [0, 0.05) is 5.56 Å². The standard InChI is InChI=1S/C18H16F3NO2/c1-17(2,15(23)12-8-4-3-5-9-12)22-16(24)13-10-6-7-11-14(13)18(19,20)21/h3-11H,1-2H3,(H,22,24). The summed E-state index contributed by atoms with van der Waals surface area (Å²) in [6.07, 6.45) is -4.65. The Morgan fingerprint density at radius 2 is 1.42 bits per heavy atom. The summed E-state index contributed by atoms with van der Waals surface area (Å²) < 4.78 is 39.1. The molecule has 0 fully saturated rings. The second-order valence-electron chi connectivity index (χ2n) is 5.82. The lowest BCUT2D eigenvalue weighted by Gasteiger charge is -2.25. The monoisotopic (exact) mass is 335 g/mol. The minimum absolute atomic E-state index is 0.368. The van der Waals surface area contributed by atoms with Gasteiger partial charge in [-0.15, -0.1) is 0 Å². The van der Waals surface area contributed by atoms with Crippen LogP contribution in [-0.2, 0) is 6.18 Å². The van der Waals surface area contributed by atoms with Crippen molar-refractivity contribution in [2.24, 2.45) is 0 Å². The third-order valence-electron chi connectivity index (χ3n) is 3.51. The van der Waals surface area contributed by atoms with Crippen molar-refractivity contribution in [1.29, 1.82) is 0 Å². The summed E-state index contributed by atoms with van der Waals surface area (Å²) in [4.78, 5) is 24.8.